The van der Waals surface area contributed by atoms with Gasteiger partial charge in [0, 0.05) is 23.2 Å². The summed E-state index contributed by atoms with van der Waals surface area (Å²) in [4.78, 5) is 23.5. The molecular weight excluding hydrogens is 297 g/mol. The highest BCUT2D eigenvalue weighted by molar-refractivity contribution is 5.94. The SMILES string of the molecule is Cc1cc(=O)oc2cc(NC(=O)Cc3cccc(F)c3)ccc12. The van der Waals surface area contributed by atoms with Crippen molar-refractivity contribution in [2.24, 2.45) is 0 Å². The van der Waals surface area contributed by atoms with Gasteiger partial charge in [0.15, 0.2) is 0 Å². The minimum atomic E-state index is -0.432. The second-order valence-corrected chi connectivity index (χ2v) is 5.31. The topological polar surface area (TPSA) is 59.3 Å². The Balaban J connectivity index is 1.81. The van der Waals surface area contributed by atoms with Crippen LogP contribution >= 0.6 is 0 Å². The quantitative estimate of drug-likeness (QED) is 0.754. The third kappa shape index (κ3) is 3.45. The Morgan fingerprint density at radius 3 is 2.78 bits per heavy atom. The van der Waals surface area contributed by atoms with Crippen LogP contribution in [0.1, 0.15) is 11.1 Å². The van der Waals surface area contributed by atoms with Crippen molar-refractivity contribution in [3.8, 4) is 0 Å². The molecule has 0 saturated carbocycles. The first-order valence-electron chi connectivity index (χ1n) is 7.10. The van der Waals surface area contributed by atoms with Crippen LogP contribution in [0.4, 0.5) is 10.1 Å². The summed E-state index contributed by atoms with van der Waals surface area (Å²) in [5, 5.41) is 3.53. The maximum Gasteiger partial charge on any atom is 0.336 e. The minimum Gasteiger partial charge on any atom is -0.423 e. The van der Waals surface area contributed by atoms with Gasteiger partial charge in [-0.3, -0.25) is 4.79 Å². The van der Waals surface area contributed by atoms with Crippen LogP contribution in [0.3, 0.4) is 0 Å². The van der Waals surface area contributed by atoms with Gasteiger partial charge in [-0.15, -0.1) is 0 Å². The number of nitrogens with one attached hydrogen (secondary N) is 1. The molecule has 0 aliphatic rings. The van der Waals surface area contributed by atoms with E-state index in [0.29, 0.717) is 16.8 Å². The summed E-state index contributed by atoms with van der Waals surface area (Å²) in [6.07, 6.45) is 0.0631. The van der Waals surface area contributed by atoms with E-state index in [1.165, 1.54) is 18.2 Å². The van der Waals surface area contributed by atoms with E-state index in [1.807, 2.05) is 6.92 Å². The number of hydrogen-bond donors (Lipinski definition) is 1. The lowest BCUT2D eigenvalue weighted by atomic mass is 10.1. The largest absolute Gasteiger partial charge is 0.423 e. The standard InChI is InChI=1S/C18H14FNO3/c1-11-7-18(22)23-16-10-14(5-6-15(11)16)20-17(21)9-12-3-2-4-13(19)8-12/h2-8,10H,9H2,1H3,(H,20,21). The summed E-state index contributed by atoms with van der Waals surface area (Å²) >= 11 is 0. The van der Waals surface area contributed by atoms with Gasteiger partial charge >= 0.3 is 5.63 Å². The van der Waals surface area contributed by atoms with Gasteiger partial charge in [0.05, 0.1) is 6.42 Å². The molecule has 5 heteroatoms. The number of halogens is 1. The summed E-state index contributed by atoms with van der Waals surface area (Å²) in [6, 6.07) is 12.4. The molecule has 0 radical (unpaired) electrons. The van der Waals surface area contributed by atoms with Crippen LogP contribution in [-0.4, -0.2) is 5.91 Å². The molecule has 0 atom stereocenters. The van der Waals surface area contributed by atoms with Gasteiger partial charge in [0.1, 0.15) is 11.4 Å². The van der Waals surface area contributed by atoms with Crippen LogP contribution in [0.15, 0.2) is 57.7 Å². The smallest absolute Gasteiger partial charge is 0.336 e. The second kappa shape index (κ2) is 6.04. The number of benzene rings is 2. The molecule has 3 rings (SSSR count). The fraction of sp³-hybridized carbons (Fsp3) is 0.111. The lowest BCUT2D eigenvalue weighted by molar-refractivity contribution is -0.115. The molecule has 1 amide bonds. The van der Waals surface area contributed by atoms with Gasteiger partial charge in [-0.25, -0.2) is 9.18 Å². The third-order valence-corrected chi connectivity index (χ3v) is 3.49. The van der Waals surface area contributed by atoms with Crippen molar-refractivity contribution in [1.29, 1.82) is 0 Å². The predicted molar refractivity (Wildman–Crippen MR) is 86.0 cm³/mol. The Hall–Kier alpha value is -2.95. The van der Waals surface area contributed by atoms with Gasteiger partial charge in [0.25, 0.3) is 0 Å². The molecule has 0 unspecified atom stereocenters. The van der Waals surface area contributed by atoms with E-state index in [-0.39, 0.29) is 18.1 Å². The monoisotopic (exact) mass is 311 g/mol. The summed E-state index contributed by atoms with van der Waals surface area (Å²) < 4.78 is 18.3. The van der Waals surface area contributed by atoms with Crippen molar-refractivity contribution in [3.05, 3.63) is 75.9 Å². The Morgan fingerprint density at radius 2 is 2.00 bits per heavy atom. The van der Waals surface area contributed by atoms with Gasteiger partial charge < -0.3 is 9.73 Å². The molecule has 1 N–H and O–H groups in total. The molecule has 2 aromatic carbocycles. The number of hydrogen-bond acceptors (Lipinski definition) is 3. The third-order valence-electron chi connectivity index (χ3n) is 3.49. The fourth-order valence-electron chi connectivity index (χ4n) is 2.44. The minimum absolute atomic E-state index is 0.0631. The average molecular weight is 311 g/mol. The van der Waals surface area contributed by atoms with Gasteiger partial charge in [0.2, 0.25) is 5.91 Å². The lowest BCUT2D eigenvalue weighted by Gasteiger charge is -2.07. The molecule has 0 aliphatic carbocycles. The number of fused-ring (bicyclic) bond motifs is 1. The molecule has 0 bridgehead atoms. The van der Waals surface area contributed by atoms with Crippen LogP contribution in [0, 0.1) is 12.7 Å². The van der Waals surface area contributed by atoms with E-state index in [0.717, 1.165) is 10.9 Å². The molecule has 23 heavy (non-hydrogen) atoms. The zero-order valence-corrected chi connectivity index (χ0v) is 12.4. The maximum absolute atomic E-state index is 13.1. The van der Waals surface area contributed by atoms with Crippen molar-refractivity contribution in [1.82, 2.24) is 0 Å². The average Bonchev–Trinajstić information content (AvgIpc) is 2.46. The molecule has 3 aromatic rings. The summed E-state index contributed by atoms with van der Waals surface area (Å²) in [5.41, 5.74) is 1.91. The maximum atomic E-state index is 13.1. The zero-order chi connectivity index (χ0) is 16.4. The normalized spacial score (nSPS) is 10.7. The van der Waals surface area contributed by atoms with Crippen molar-refractivity contribution >= 4 is 22.6 Å². The second-order valence-electron chi connectivity index (χ2n) is 5.31. The number of anilines is 1. The van der Waals surface area contributed by atoms with Crippen LogP contribution in [0.2, 0.25) is 0 Å². The molecule has 0 spiro atoms. The Morgan fingerprint density at radius 1 is 1.17 bits per heavy atom. The highest BCUT2D eigenvalue weighted by Crippen LogP contribution is 2.20. The highest BCUT2D eigenvalue weighted by Gasteiger charge is 2.07. The lowest BCUT2D eigenvalue weighted by Crippen LogP contribution is -2.14. The number of aryl methyl sites for hydroxylation is 1. The van der Waals surface area contributed by atoms with E-state index >= 15 is 0 Å². The molecule has 0 fully saturated rings. The predicted octanol–water partition coefficient (Wildman–Crippen LogP) is 3.42. The zero-order valence-electron chi connectivity index (χ0n) is 12.4. The van der Waals surface area contributed by atoms with E-state index in [2.05, 4.69) is 5.32 Å². The summed E-state index contributed by atoms with van der Waals surface area (Å²) in [7, 11) is 0. The number of amides is 1. The van der Waals surface area contributed by atoms with Crippen LogP contribution in [-0.2, 0) is 11.2 Å². The first-order chi connectivity index (χ1) is 11.0. The molecule has 1 aromatic heterocycles. The first-order valence-corrected chi connectivity index (χ1v) is 7.10. The van der Waals surface area contributed by atoms with E-state index in [1.54, 1.807) is 30.3 Å². The Bertz CT molecular complexity index is 946. The molecule has 4 nitrogen and oxygen atoms in total. The van der Waals surface area contributed by atoms with Crippen LogP contribution in [0.25, 0.3) is 11.0 Å². The molecule has 0 saturated heterocycles. The molecular formula is C18H14FNO3. The van der Waals surface area contributed by atoms with Crippen molar-refractivity contribution in [2.45, 2.75) is 13.3 Å². The number of carbonyl (C=O) groups excluding carboxylic acids is 1. The van der Waals surface area contributed by atoms with Gasteiger partial charge in [-0.1, -0.05) is 12.1 Å². The van der Waals surface area contributed by atoms with Crippen molar-refractivity contribution in [3.63, 3.8) is 0 Å². The van der Waals surface area contributed by atoms with Crippen molar-refractivity contribution in [2.75, 3.05) is 5.32 Å². The van der Waals surface area contributed by atoms with Gasteiger partial charge in [-0.05, 0) is 42.3 Å². The van der Waals surface area contributed by atoms with Crippen LogP contribution in [0.5, 0.6) is 0 Å². The summed E-state index contributed by atoms with van der Waals surface area (Å²) in [6.45, 7) is 1.82. The first kappa shape index (κ1) is 15.0. The highest BCUT2D eigenvalue weighted by atomic mass is 19.1. The van der Waals surface area contributed by atoms with Crippen LogP contribution < -0.4 is 10.9 Å². The number of rotatable bonds is 3. The van der Waals surface area contributed by atoms with E-state index in [9.17, 15) is 14.0 Å². The molecule has 1 heterocycles. The van der Waals surface area contributed by atoms with E-state index < -0.39 is 5.63 Å². The number of carbonyl (C=O) groups is 1. The Labute approximate surface area is 131 Å². The van der Waals surface area contributed by atoms with Crippen molar-refractivity contribution < 1.29 is 13.6 Å². The molecule has 0 aliphatic heterocycles. The van der Waals surface area contributed by atoms with E-state index in [4.69, 9.17) is 4.42 Å². The Kier molecular flexibility index (Phi) is 3.93. The fourth-order valence-corrected chi connectivity index (χ4v) is 2.44. The summed E-state index contributed by atoms with van der Waals surface area (Å²) in [5.74, 6) is -0.650. The van der Waals surface area contributed by atoms with Gasteiger partial charge in [-0.2, -0.15) is 0 Å². The molecule has 116 valence electrons.